The lowest BCUT2D eigenvalue weighted by Gasteiger charge is -2.19. The number of aliphatic carboxylic acids is 1. The molecule has 1 atom stereocenters. The zero-order chi connectivity index (χ0) is 14.4. The molecule has 0 amide bonds. The third-order valence-electron chi connectivity index (χ3n) is 3.63. The summed E-state index contributed by atoms with van der Waals surface area (Å²) >= 11 is 0. The quantitative estimate of drug-likeness (QED) is 0.922. The molecule has 104 valence electrons. The minimum Gasteiger partial charge on any atom is -0.481 e. The average molecular weight is 282 g/mol. The van der Waals surface area contributed by atoms with Gasteiger partial charge >= 0.3 is 5.97 Å². The molecule has 0 saturated heterocycles. The summed E-state index contributed by atoms with van der Waals surface area (Å²) in [6.45, 7) is 5.22. The molecule has 0 saturated carbocycles. The van der Waals surface area contributed by atoms with Gasteiger partial charge in [-0.3, -0.25) is 4.79 Å². The average Bonchev–Trinajstić information content (AvgIpc) is 2.48. The van der Waals surface area contributed by atoms with E-state index in [2.05, 4.69) is 0 Å². The van der Waals surface area contributed by atoms with E-state index in [1.54, 1.807) is 26.0 Å². The Morgan fingerprint density at radius 1 is 1.42 bits per heavy atom. The van der Waals surface area contributed by atoms with E-state index in [1.165, 1.54) is 0 Å². The molecule has 1 aliphatic rings. The van der Waals surface area contributed by atoms with Gasteiger partial charge in [0.1, 0.15) is 0 Å². The Kier molecular flexibility index (Phi) is 3.21. The van der Waals surface area contributed by atoms with E-state index in [-0.39, 0.29) is 11.7 Å². The van der Waals surface area contributed by atoms with Crippen LogP contribution in [0.15, 0.2) is 23.1 Å². The molecule has 0 fully saturated rings. The van der Waals surface area contributed by atoms with Gasteiger partial charge in [-0.2, -0.15) is 0 Å². The maximum Gasteiger partial charge on any atom is 0.309 e. The first kappa shape index (κ1) is 14.1. The topological polar surface area (TPSA) is 71.4 Å². The predicted molar refractivity (Wildman–Crippen MR) is 72.0 cm³/mol. The second kappa shape index (κ2) is 4.34. The first-order valence-electron chi connectivity index (χ1n) is 6.22. The fourth-order valence-electron chi connectivity index (χ4n) is 2.47. The minimum atomic E-state index is -3.15. The number of hydrogen-bond acceptors (Lipinski definition) is 3. The van der Waals surface area contributed by atoms with Gasteiger partial charge in [0.25, 0.3) is 0 Å². The molecule has 0 aromatic heterocycles. The van der Waals surface area contributed by atoms with Crippen LogP contribution in [0.2, 0.25) is 0 Å². The molecule has 0 spiro atoms. The van der Waals surface area contributed by atoms with E-state index >= 15 is 0 Å². The first-order valence-corrected chi connectivity index (χ1v) is 7.88. The number of benzene rings is 1. The van der Waals surface area contributed by atoms with Crippen molar-refractivity contribution in [2.75, 3.05) is 5.75 Å². The van der Waals surface area contributed by atoms with E-state index in [9.17, 15) is 13.2 Å². The fraction of sp³-hybridized carbons (Fsp3) is 0.500. The van der Waals surface area contributed by atoms with Crippen LogP contribution in [0.3, 0.4) is 0 Å². The van der Waals surface area contributed by atoms with E-state index in [4.69, 9.17) is 5.11 Å². The summed E-state index contributed by atoms with van der Waals surface area (Å²) in [5, 5.41) is 9.14. The summed E-state index contributed by atoms with van der Waals surface area (Å²) in [4.78, 5) is 11.5. The standard InChI is InChI=1S/C14H18O4S/c1-9-8-19(17,18)12-5-4-10(6-11(9)12)7-14(2,3)13(15)16/h4-6,9H,7-8H2,1-3H3,(H,15,16). The van der Waals surface area contributed by atoms with Crippen LogP contribution in [0.4, 0.5) is 0 Å². The number of fused-ring (bicyclic) bond motifs is 1. The Balaban J connectivity index is 2.39. The smallest absolute Gasteiger partial charge is 0.309 e. The van der Waals surface area contributed by atoms with Gasteiger partial charge in [0.05, 0.1) is 16.1 Å². The van der Waals surface area contributed by atoms with Crippen LogP contribution in [-0.4, -0.2) is 25.2 Å². The van der Waals surface area contributed by atoms with Crippen molar-refractivity contribution in [2.24, 2.45) is 5.41 Å². The number of carbonyl (C=O) groups is 1. The largest absolute Gasteiger partial charge is 0.481 e. The number of rotatable bonds is 3. The molecule has 1 heterocycles. The number of hydrogen-bond donors (Lipinski definition) is 1. The summed E-state index contributed by atoms with van der Waals surface area (Å²) in [6.07, 6.45) is 0.391. The summed E-state index contributed by atoms with van der Waals surface area (Å²) < 4.78 is 23.7. The van der Waals surface area contributed by atoms with Crippen molar-refractivity contribution in [1.82, 2.24) is 0 Å². The van der Waals surface area contributed by atoms with Crippen LogP contribution in [0.5, 0.6) is 0 Å². The van der Waals surface area contributed by atoms with Gasteiger partial charge in [0, 0.05) is 0 Å². The third-order valence-corrected chi connectivity index (χ3v) is 5.62. The third kappa shape index (κ3) is 2.52. The molecule has 0 aliphatic carbocycles. The van der Waals surface area contributed by atoms with E-state index < -0.39 is 21.2 Å². The molecule has 2 rings (SSSR count). The van der Waals surface area contributed by atoms with Crippen LogP contribution in [0, 0.1) is 5.41 Å². The molecule has 1 unspecified atom stereocenters. The molecule has 1 aliphatic heterocycles. The van der Waals surface area contributed by atoms with Gasteiger partial charge in [-0.05, 0) is 43.4 Å². The van der Waals surface area contributed by atoms with Gasteiger partial charge in [0.2, 0.25) is 0 Å². The predicted octanol–water partition coefficient (Wildman–Crippen LogP) is 2.23. The first-order chi connectivity index (χ1) is 8.63. The highest BCUT2D eigenvalue weighted by atomic mass is 32.2. The van der Waals surface area contributed by atoms with E-state index in [0.29, 0.717) is 11.3 Å². The highest BCUT2D eigenvalue weighted by molar-refractivity contribution is 7.91. The van der Waals surface area contributed by atoms with Crippen LogP contribution < -0.4 is 0 Å². The summed E-state index contributed by atoms with van der Waals surface area (Å²) in [6, 6.07) is 5.18. The lowest BCUT2D eigenvalue weighted by Crippen LogP contribution is -2.26. The molecule has 0 radical (unpaired) electrons. The molecule has 1 N–H and O–H groups in total. The maximum atomic E-state index is 11.9. The SMILES string of the molecule is CC1CS(=O)(=O)c2ccc(CC(C)(C)C(=O)O)cc21. The minimum absolute atomic E-state index is 0.0205. The molecule has 5 heteroatoms. The van der Waals surface area contributed by atoms with Crippen molar-refractivity contribution in [2.45, 2.75) is 38.0 Å². The van der Waals surface area contributed by atoms with Crippen LogP contribution in [-0.2, 0) is 21.1 Å². The van der Waals surface area contributed by atoms with Crippen molar-refractivity contribution in [3.05, 3.63) is 29.3 Å². The Labute approximate surface area is 113 Å². The Bertz CT molecular complexity index is 629. The lowest BCUT2D eigenvalue weighted by atomic mass is 9.85. The molecule has 4 nitrogen and oxygen atoms in total. The van der Waals surface area contributed by atoms with Crippen LogP contribution >= 0.6 is 0 Å². The van der Waals surface area contributed by atoms with Gasteiger partial charge < -0.3 is 5.11 Å². The zero-order valence-corrected chi connectivity index (χ0v) is 12.1. The second-order valence-electron chi connectivity index (χ2n) is 5.92. The van der Waals surface area contributed by atoms with Gasteiger partial charge in [-0.25, -0.2) is 8.42 Å². The van der Waals surface area contributed by atoms with Crippen molar-refractivity contribution >= 4 is 15.8 Å². The molecule has 0 bridgehead atoms. The maximum absolute atomic E-state index is 11.9. The molecular formula is C14H18O4S. The Morgan fingerprint density at radius 2 is 2.05 bits per heavy atom. The molecule has 1 aromatic carbocycles. The summed E-state index contributed by atoms with van der Waals surface area (Å²) in [5.41, 5.74) is 0.836. The van der Waals surface area contributed by atoms with Crippen LogP contribution in [0.25, 0.3) is 0 Å². The molecule has 1 aromatic rings. The number of sulfone groups is 1. The van der Waals surface area contributed by atoms with Crippen LogP contribution in [0.1, 0.15) is 37.8 Å². The molecule has 19 heavy (non-hydrogen) atoms. The van der Waals surface area contributed by atoms with E-state index in [0.717, 1.165) is 11.1 Å². The van der Waals surface area contributed by atoms with Crippen molar-refractivity contribution in [1.29, 1.82) is 0 Å². The van der Waals surface area contributed by atoms with Gasteiger partial charge in [-0.1, -0.05) is 19.1 Å². The summed E-state index contributed by atoms with van der Waals surface area (Å²) in [5.74, 6) is -0.727. The monoisotopic (exact) mass is 282 g/mol. The highest BCUT2D eigenvalue weighted by Gasteiger charge is 2.33. The Hall–Kier alpha value is -1.36. The lowest BCUT2D eigenvalue weighted by molar-refractivity contribution is -0.146. The zero-order valence-electron chi connectivity index (χ0n) is 11.3. The van der Waals surface area contributed by atoms with Crippen molar-refractivity contribution in [3.8, 4) is 0 Å². The van der Waals surface area contributed by atoms with Gasteiger partial charge in [0.15, 0.2) is 9.84 Å². The fourth-order valence-corrected chi connectivity index (χ4v) is 4.38. The van der Waals surface area contributed by atoms with Crippen molar-refractivity contribution < 1.29 is 18.3 Å². The molecular weight excluding hydrogens is 264 g/mol. The number of carboxylic acids is 1. The van der Waals surface area contributed by atoms with E-state index in [1.807, 2.05) is 13.0 Å². The Morgan fingerprint density at radius 3 is 2.63 bits per heavy atom. The number of carboxylic acid groups (broad SMARTS) is 1. The van der Waals surface area contributed by atoms with Gasteiger partial charge in [-0.15, -0.1) is 0 Å². The summed E-state index contributed by atoms with van der Waals surface area (Å²) in [7, 11) is -3.15. The second-order valence-corrected chi connectivity index (χ2v) is 7.92. The highest BCUT2D eigenvalue weighted by Crippen LogP contribution is 2.36. The normalized spacial score (nSPS) is 21.1. The van der Waals surface area contributed by atoms with Crippen molar-refractivity contribution in [3.63, 3.8) is 0 Å².